The second kappa shape index (κ2) is 22.2. The molecule has 1 rings (SSSR count). The van der Waals surface area contributed by atoms with Gasteiger partial charge in [-0.25, -0.2) is 0 Å². The third-order valence-electron chi connectivity index (χ3n) is 6.02. The lowest BCUT2D eigenvalue weighted by atomic mass is 10.0. The Labute approximate surface area is 189 Å². The molecule has 1 aromatic carbocycles. The maximum Gasteiger partial charge on any atom is 0.0233 e. The van der Waals surface area contributed by atoms with Crippen molar-refractivity contribution in [1.29, 1.82) is 0 Å². The van der Waals surface area contributed by atoms with Crippen LogP contribution in [0, 0.1) is 0 Å². The Morgan fingerprint density at radius 3 is 1.38 bits per heavy atom. The van der Waals surface area contributed by atoms with Crippen molar-refractivity contribution in [2.24, 2.45) is 0 Å². The fraction of sp³-hybridized carbons (Fsp3) is 0.778. The molecule has 0 heterocycles. The molecular weight excluding hydrogens is 374 g/mol. The van der Waals surface area contributed by atoms with E-state index in [1.54, 1.807) is 0 Å². The normalized spacial score (nSPS) is 11.0. The monoisotopic (exact) mass is 423 g/mol. The van der Waals surface area contributed by atoms with E-state index in [9.17, 15) is 0 Å². The highest BCUT2D eigenvalue weighted by molar-refractivity contribution is 5.85. The fourth-order valence-corrected chi connectivity index (χ4v) is 4.07. The summed E-state index contributed by atoms with van der Waals surface area (Å²) in [5.74, 6) is 0. The average Bonchev–Trinajstić information content (AvgIpc) is 2.73. The first-order chi connectivity index (χ1) is 13.9. The summed E-state index contributed by atoms with van der Waals surface area (Å²) in [7, 11) is 0. The van der Waals surface area contributed by atoms with Crippen LogP contribution in [-0.2, 0) is 6.54 Å². The Morgan fingerprint density at radius 2 is 0.966 bits per heavy atom. The van der Waals surface area contributed by atoms with Crippen molar-refractivity contribution < 1.29 is 0 Å². The molecule has 0 aromatic heterocycles. The highest BCUT2D eigenvalue weighted by atomic mass is 35.5. The van der Waals surface area contributed by atoms with Crippen LogP contribution >= 0.6 is 12.4 Å². The van der Waals surface area contributed by atoms with Crippen molar-refractivity contribution >= 4 is 12.4 Å². The van der Waals surface area contributed by atoms with E-state index >= 15 is 0 Å². The Hall–Kier alpha value is -0.530. The molecule has 0 unspecified atom stereocenters. The summed E-state index contributed by atoms with van der Waals surface area (Å²) in [5.41, 5.74) is 1.45. The smallest absolute Gasteiger partial charge is 0.0233 e. The first-order valence-electron chi connectivity index (χ1n) is 12.6. The average molecular weight is 424 g/mol. The minimum atomic E-state index is 0. The van der Waals surface area contributed by atoms with E-state index in [-0.39, 0.29) is 12.4 Å². The van der Waals surface area contributed by atoms with Gasteiger partial charge in [-0.15, -0.1) is 12.4 Å². The molecule has 0 aliphatic heterocycles. The molecule has 29 heavy (non-hydrogen) atoms. The highest BCUT2D eigenvalue weighted by Gasteiger charge is 2.03. The van der Waals surface area contributed by atoms with Gasteiger partial charge in [0.15, 0.2) is 0 Å². The molecule has 0 radical (unpaired) electrons. The molecule has 0 bridgehead atoms. The van der Waals surface area contributed by atoms with Crippen LogP contribution in [0.5, 0.6) is 0 Å². The zero-order valence-corrected chi connectivity index (χ0v) is 20.5. The van der Waals surface area contributed by atoms with Crippen LogP contribution < -0.4 is 0 Å². The van der Waals surface area contributed by atoms with Gasteiger partial charge in [0.1, 0.15) is 0 Å². The van der Waals surface area contributed by atoms with Crippen molar-refractivity contribution in [1.82, 2.24) is 4.90 Å². The molecule has 0 atom stereocenters. The zero-order chi connectivity index (χ0) is 20.1. The Morgan fingerprint density at radius 1 is 0.552 bits per heavy atom. The zero-order valence-electron chi connectivity index (χ0n) is 19.7. The lowest BCUT2D eigenvalue weighted by Crippen LogP contribution is -2.23. The van der Waals surface area contributed by atoms with Crippen LogP contribution in [0.25, 0.3) is 0 Å². The summed E-state index contributed by atoms with van der Waals surface area (Å²) in [6, 6.07) is 10.9. The molecule has 0 aliphatic carbocycles. The number of hydrogen-bond donors (Lipinski definition) is 0. The predicted molar refractivity (Wildman–Crippen MR) is 134 cm³/mol. The van der Waals surface area contributed by atoms with Crippen molar-refractivity contribution in [3.8, 4) is 0 Å². The van der Waals surface area contributed by atoms with Gasteiger partial charge >= 0.3 is 0 Å². The third kappa shape index (κ3) is 18.0. The van der Waals surface area contributed by atoms with Gasteiger partial charge in [0.2, 0.25) is 0 Å². The van der Waals surface area contributed by atoms with Crippen LogP contribution in [0.2, 0.25) is 0 Å². The quantitative estimate of drug-likeness (QED) is 0.189. The van der Waals surface area contributed by atoms with E-state index in [1.807, 2.05) is 0 Å². The first-order valence-corrected chi connectivity index (χ1v) is 12.6. The standard InChI is InChI=1S/C27H49N.ClH/c1-3-5-6-7-8-9-10-11-12-13-14-15-16-17-18-22-25-28(4-2)26-27-23-20-19-21-24-27;/h19-21,23-24H,3-18,22,25-26H2,1-2H3;1H. The number of rotatable bonds is 20. The molecule has 0 fully saturated rings. The van der Waals surface area contributed by atoms with Gasteiger partial charge in [0.25, 0.3) is 0 Å². The van der Waals surface area contributed by atoms with Gasteiger partial charge in [-0.1, -0.05) is 140 Å². The van der Waals surface area contributed by atoms with Gasteiger partial charge < -0.3 is 0 Å². The Balaban J connectivity index is 0.00000784. The van der Waals surface area contributed by atoms with Crippen LogP contribution in [0.1, 0.15) is 122 Å². The van der Waals surface area contributed by atoms with Crippen molar-refractivity contribution in [2.45, 2.75) is 123 Å². The number of halogens is 1. The molecule has 0 N–H and O–H groups in total. The SMILES string of the molecule is CCCCCCCCCCCCCCCCCCN(CC)Cc1ccccc1.Cl. The number of unbranched alkanes of at least 4 members (excludes halogenated alkanes) is 15. The van der Waals surface area contributed by atoms with Gasteiger partial charge in [-0.05, 0) is 25.1 Å². The second-order valence-corrected chi connectivity index (χ2v) is 8.66. The second-order valence-electron chi connectivity index (χ2n) is 8.66. The minimum absolute atomic E-state index is 0. The van der Waals surface area contributed by atoms with E-state index < -0.39 is 0 Å². The van der Waals surface area contributed by atoms with E-state index in [0.717, 1.165) is 13.1 Å². The van der Waals surface area contributed by atoms with Crippen molar-refractivity contribution in [2.75, 3.05) is 13.1 Å². The molecule has 0 saturated carbocycles. The van der Waals surface area contributed by atoms with Crippen molar-refractivity contribution in [3.05, 3.63) is 35.9 Å². The molecule has 1 nitrogen and oxygen atoms in total. The Bertz CT molecular complexity index is 420. The lowest BCUT2D eigenvalue weighted by molar-refractivity contribution is 0.272. The van der Waals surface area contributed by atoms with Gasteiger partial charge in [0, 0.05) is 6.54 Å². The summed E-state index contributed by atoms with van der Waals surface area (Å²) in [6.07, 6.45) is 23.1. The molecular formula is C27H50ClN. The van der Waals surface area contributed by atoms with Crippen molar-refractivity contribution in [3.63, 3.8) is 0 Å². The summed E-state index contributed by atoms with van der Waals surface area (Å²) >= 11 is 0. The van der Waals surface area contributed by atoms with E-state index in [4.69, 9.17) is 0 Å². The largest absolute Gasteiger partial charge is 0.299 e. The topological polar surface area (TPSA) is 3.24 Å². The van der Waals surface area contributed by atoms with E-state index in [1.165, 1.54) is 115 Å². The van der Waals surface area contributed by atoms with Gasteiger partial charge in [-0.3, -0.25) is 4.90 Å². The number of nitrogens with zero attached hydrogens (tertiary/aromatic N) is 1. The molecule has 0 amide bonds. The van der Waals surface area contributed by atoms with E-state index in [0.29, 0.717) is 0 Å². The molecule has 2 heteroatoms. The summed E-state index contributed by atoms with van der Waals surface area (Å²) in [4.78, 5) is 2.58. The van der Waals surface area contributed by atoms with Crippen LogP contribution in [-0.4, -0.2) is 18.0 Å². The summed E-state index contributed by atoms with van der Waals surface area (Å²) in [6.45, 7) is 8.11. The summed E-state index contributed by atoms with van der Waals surface area (Å²) < 4.78 is 0. The maximum atomic E-state index is 2.58. The maximum absolute atomic E-state index is 2.58. The fourth-order valence-electron chi connectivity index (χ4n) is 4.07. The van der Waals surface area contributed by atoms with Crippen LogP contribution in [0.15, 0.2) is 30.3 Å². The Kier molecular flexibility index (Phi) is 21.8. The molecule has 0 aliphatic rings. The molecule has 1 aromatic rings. The first kappa shape index (κ1) is 28.5. The van der Waals surface area contributed by atoms with Crippen LogP contribution in [0.3, 0.4) is 0 Å². The molecule has 0 spiro atoms. The highest BCUT2D eigenvalue weighted by Crippen LogP contribution is 2.14. The third-order valence-corrected chi connectivity index (χ3v) is 6.02. The number of hydrogen-bond acceptors (Lipinski definition) is 1. The minimum Gasteiger partial charge on any atom is -0.299 e. The van der Waals surface area contributed by atoms with Gasteiger partial charge in [0.05, 0.1) is 0 Å². The van der Waals surface area contributed by atoms with Gasteiger partial charge in [-0.2, -0.15) is 0 Å². The molecule has 0 saturated heterocycles. The lowest BCUT2D eigenvalue weighted by Gasteiger charge is -2.20. The predicted octanol–water partition coefficient (Wildman–Crippen LogP) is 9.19. The van der Waals surface area contributed by atoms with Crippen LogP contribution in [0.4, 0.5) is 0 Å². The number of benzene rings is 1. The molecule has 170 valence electrons. The van der Waals surface area contributed by atoms with E-state index in [2.05, 4.69) is 49.1 Å². The summed E-state index contributed by atoms with van der Waals surface area (Å²) in [5, 5.41) is 0.